The van der Waals surface area contributed by atoms with E-state index in [1.165, 1.54) is 12.1 Å². The van der Waals surface area contributed by atoms with Crippen molar-refractivity contribution in [3.8, 4) is 11.3 Å². The lowest BCUT2D eigenvalue weighted by Gasteiger charge is -2.09. The summed E-state index contributed by atoms with van der Waals surface area (Å²) in [6, 6.07) is 12.0. The van der Waals surface area contributed by atoms with Gasteiger partial charge in [0.05, 0.1) is 12.2 Å². The van der Waals surface area contributed by atoms with Gasteiger partial charge in [-0.1, -0.05) is 33.2 Å². The predicted octanol–water partition coefficient (Wildman–Crippen LogP) is 6.22. The average molecular weight is 469 g/mol. The Morgan fingerprint density at radius 2 is 1.79 bits per heavy atom. The molecule has 3 rings (SSSR count). The molecule has 0 saturated heterocycles. The summed E-state index contributed by atoms with van der Waals surface area (Å²) < 4.78 is 49.1. The highest BCUT2D eigenvalue weighted by molar-refractivity contribution is 9.10. The zero-order valence-electron chi connectivity index (χ0n) is 15.2. The van der Waals surface area contributed by atoms with Gasteiger partial charge in [0.15, 0.2) is 5.76 Å². The summed E-state index contributed by atoms with van der Waals surface area (Å²) >= 11 is 3.35. The van der Waals surface area contributed by atoms with Crippen LogP contribution in [0.4, 0.5) is 23.7 Å². The SMILES string of the molecule is Cc1noc(-c2ccc(Br)cc2)c1NC(=O)OCCc1ccc(C(F)(F)F)cc1. The van der Waals surface area contributed by atoms with Gasteiger partial charge in [-0.2, -0.15) is 13.2 Å². The standard InChI is InChI=1S/C20H16BrF3N2O3/c1-12-17(18(29-26-12)14-4-8-16(21)9-5-14)25-19(27)28-11-10-13-2-6-15(7-3-13)20(22,23)24/h2-9H,10-11H2,1H3,(H,25,27). The number of ether oxygens (including phenoxy) is 1. The van der Waals surface area contributed by atoms with Crippen LogP contribution < -0.4 is 5.32 Å². The molecule has 29 heavy (non-hydrogen) atoms. The van der Waals surface area contributed by atoms with Crippen LogP contribution in [0.15, 0.2) is 57.5 Å². The molecule has 9 heteroatoms. The number of nitrogens with zero attached hydrogens (tertiary/aromatic N) is 1. The monoisotopic (exact) mass is 468 g/mol. The van der Waals surface area contributed by atoms with Gasteiger partial charge in [-0.25, -0.2) is 4.79 Å². The molecule has 0 atom stereocenters. The highest BCUT2D eigenvalue weighted by Crippen LogP contribution is 2.32. The summed E-state index contributed by atoms with van der Waals surface area (Å²) in [5, 5.41) is 6.48. The molecule has 1 amide bonds. The molecule has 1 heterocycles. The summed E-state index contributed by atoms with van der Waals surface area (Å²) in [7, 11) is 0. The maximum absolute atomic E-state index is 12.6. The van der Waals surface area contributed by atoms with Crippen LogP contribution in [-0.4, -0.2) is 17.9 Å². The minimum absolute atomic E-state index is 0.00907. The Balaban J connectivity index is 1.58. The number of aryl methyl sites for hydroxylation is 1. The Labute approximate surface area is 173 Å². The Bertz CT molecular complexity index is 984. The molecule has 2 aromatic carbocycles. The zero-order chi connectivity index (χ0) is 21.0. The summed E-state index contributed by atoms with van der Waals surface area (Å²) in [6.45, 7) is 1.69. The van der Waals surface area contributed by atoms with E-state index in [-0.39, 0.29) is 13.0 Å². The molecule has 0 saturated carbocycles. The Morgan fingerprint density at radius 3 is 2.41 bits per heavy atom. The van der Waals surface area contributed by atoms with Crippen molar-refractivity contribution in [3.05, 3.63) is 69.8 Å². The predicted molar refractivity (Wildman–Crippen MR) is 104 cm³/mol. The highest BCUT2D eigenvalue weighted by atomic mass is 79.9. The first-order valence-electron chi connectivity index (χ1n) is 8.56. The van der Waals surface area contributed by atoms with Crippen molar-refractivity contribution in [2.75, 3.05) is 11.9 Å². The van der Waals surface area contributed by atoms with Crippen molar-refractivity contribution in [2.24, 2.45) is 0 Å². The molecule has 1 N–H and O–H groups in total. The van der Waals surface area contributed by atoms with Gasteiger partial charge >= 0.3 is 12.3 Å². The number of aromatic nitrogens is 1. The molecule has 0 aliphatic rings. The lowest BCUT2D eigenvalue weighted by Crippen LogP contribution is -2.16. The second kappa shape index (κ2) is 8.69. The molecule has 1 aromatic heterocycles. The molecule has 0 fully saturated rings. The number of anilines is 1. The molecule has 0 radical (unpaired) electrons. The first-order valence-corrected chi connectivity index (χ1v) is 9.35. The molecule has 0 bridgehead atoms. The van der Waals surface area contributed by atoms with Crippen LogP contribution >= 0.6 is 15.9 Å². The highest BCUT2D eigenvalue weighted by Gasteiger charge is 2.29. The normalized spacial score (nSPS) is 11.3. The molecule has 0 unspecified atom stereocenters. The number of hydrogen-bond acceptors (Lipinski definition) is 4. The van der Waals surface area contributed by atoms with Gasteiger partial charge in [0, 0.05) is 16.5 Å². The van der Waals surface area contributed by atoms with E-state index in [1.54, 1.807) is 6.92 Å². The van der Waals surface area contributed by atoms with Gasteiger partial charge in [0.2, 0.25) is 0 Å². The number of nitrogens with one attached hydrogen (secondary N) is 1. The van der Waals surface area contributed by atoms with Crippen LogP contribution in [-0.2, 0) is 17.3 Å². The second-order valence-electron chi connectivity index (χ2n) is 6.18. The minimum atomic E-state index is -4.38. The number of rotatable bonds is 5. The van der Waals surface area contributed by atoms with Crippen LogP contribution in [0, 0.1) is 6.92 Å². The van der Waals surface area contributed by atoms with Gasteiger partial charge < -0.3 is 9.26 Å². The fourth-order valence-electron chi connectivity index (χ4n) is 2.58. The summed E-state index contributed by atoms with van der Waals surface area (Å²) in [5.74, 6) is 0.398. The third-order valence-corrected chi connectivity index (χ3v) is 4.63. The van der Waals surface area contributed by atoms with Gasteiger partial charge in [-0.05, 0) is 48.9 Å². The molecule has 3 aromatic rings. The van der Waals surface area contributed by atoms with Crippen molar-refractivity contribution in [3.63, 3.8) is 0 Å². The van der Waals surface area contributed by atoms with E-state index in [0.717, 1.165) is 22.2 Å². The van der Waals surface area contributed by atoms with E-state index < -0.39 is 17.8 Å². The maximum Gasteiger partial charge on any atom is 0.416 e. The number of halogens is 4. The zero-order valence-corrected chi connectivity index (χ0v) is 16.8. The number of benzene rings is 2. The molecule has 5 nitrogen and oxygen atoms in total. The lowest BCUT2D eigenvalue weighted by atomic mass is 10.1. The fourth-order valence-corrected chi connectivity index (χ4v) is 2.84. The second-order valence-corrected chi connectivity index (χ2v) is 7.10. The third kappa shape index (κ3) is 5.38. The maximum atomic E-state index is 12.6. The molecule has 152 valence electrons. The first kappa shape index (κ1) is 20.9. The number of alkyl halides is 3. The van der Waals surface area contributed by atoms with Crippen molar-refractivity contribution in [1.82, 2.24) is 5.16 Å². The molecule has 0 spiro atoms. The van der Waals surface area contributed by atoms with Crippen molar-refractivity contribution >= 4 is 27.7 Å². The fraction of sp³-hybridized carbons (Fsp3) is 0.200. The Kier molecular flexibility index (Phi) is 6.26. The number of carbonyl (C=O) groups excluding carboxylic acids is 1. The average Bonchev–Trinajstić information content (AvgIpc) is 3.02. The van der Waals surface area contributed by atoms with Gasteiger partial charge in [-0.15, -0.1) is 0 Å². The molecular weight excluding hydrogens is 453 g/mol. The van der Waals surface area contributed by atoms with Crippen LogP contribution in [0.1, 0.15) is 16.8 Å². The van der Waals surface area contributed by atoms with Gasteiger partial charge in [0.1, 0.15) is 11.4 Å². The van der Waals surface area contributed by atoms with Crippen molar-refractivity contribution < 1.29 is 27.2 Å². The van der Waals surface area contributed by atoms with E-state index in [4.69, 9.17) is 9.26 Å². The number of hydrogen-bond donors (Lipinski definition) is 1. The van der Waals surface area contributed by atoms with Gasteiger partial charge in [0.25, 0.3) is 0 Å². The van der Waals surface area contributed by atoms with E-state index in [1.807, 2.05) is 24.3 Å². The summed E-state index contributed by atoms with van der Waals surface area (Å²) in [4.78, 5) is 12.1. The summed E-state index contributed by atoms with van der Waals surface area (Å²) in [5.41, 5.74) is 1.52. The third-order valence-electron chi connectivity index (χ3n) is 4.10. The topological polar surface area (TPSA) is 64.4 Å². The van der Waals surface area contributed by atoms with Crippen LogP contribution in [0.2, 0.25) is 0 Å². The van der Waals surface area contributed by atoms with Crippen molar-refractivity contribution in [1.29, 1.82) is 0 Å². The van der Waals surface area contributed by atoms with Gasteiger partial charge in [-0.3, -0.25) is 5.32 Å². The van der Waals surface area contributed by atoms with Crippen LogP contribution in [0.3, 0.4) is 0 Å². The quantitative estimate of drug-likeness (QED) is 0.482. The molecular formula is C20H16BrF3N2O3. The first-order chi connectivity index (χ1) is 13.7. The van der Waals surface area contributed by atoms with Crippen LogP contribution in [0.25, 0.3) is 11.3 Å². The smallest absolute Gasteiger partial charge is 0.416 e. The van der Waals surface area contributed by atoms with E-state index in [2.05, 4.69) is 26.4 Å². The Hall–Kier alpha value is -2.81. The molecule has 0 aliphatic heterocycles. The summed E-state index contributed by atoms with van der Waals surface area (Å²) in [6.07, 6.45) is -4.80. The van der Waals surface area contributed by atoms with Crippen LogP contribution in [0.5, 0.6) is 0 Å². The van der Waals surface area contributed by atoms with Crippen molar-refractivity contribution in [2.45, 2.75) is 19.5 Å². The Morgan fingerprint density at radius 1 is 1.14 bits per heavy atom. The van der Waals surface area contributed by atoms with E-state index in [0.29, 0.717) is 22.7 Å². The molecule has 0 aliphatic carbocycles. The lowest BCUT2D eigenvalue weighted by molar-refractivity contribution is -0.137. The number of carbonyl (C=O) groups is 1. The number of amides is 1. The van der Waals surface area contributed by atoms with E-state index in [9.17, 15) is 18.0 Å². The van der Waals surface area contributed by atoms with E-state index >= 15 is 0 Å². The minimum Gasteiger partial charge on any atom is -0.449 e. The largest absolute Gasteiger partial charge is 0.449 e.